The minimum atomic E-state index is -1.01. The fraction of sp³-hybridized carbons (Fsp3) is 0.800. The van der Waals surface area contributed by atoms with Crippen LogP contribution < -0.4 is 0 Å². The maximum absolute atomic E-state index is 13.0. The van der Waals surface area contributed by atoms with E-state index in [9.17, 15) is 19.5 Å². The molecule has 1 saturated heterocycles. The molecule has 7 heteroatoms. The van der Waals surface area contributed by atoms with Crippen molar-refractivity contribution in [3.8, 4) is 0 Å². The van der Waals surface area contributed by atoms with Crippen molar-refractivity contribution in [2.45, 2.75) is 82.5 Å². The standard InChI is InChI=1S/C25H34O7/c1-22-8-5-15(26)11-14(22)12-16(21(28)31-4)20-17-6-9-24(29,10-7-19(27)30-3)23(17,2)13-18-25(20,22)32-18/h11,16-18,20,29H,5-10,12-13H2,1-4H3/t16-,17+,18?,20+,22+,23+,24-,25-/m1/s1. The van der Waals surface area contributed by atoms with E-state index in [0.29, 0.717) is 32.1 Å². The van der Waals surface area contributed by atoms with E-state index >= 15 is 0 Å². The van der Waals surface area contributed by atoms with Crippen LogP contribution in [0, 0.1) is 28.6 Å². The Morgan fingerprint density at radius 3 is 2.66 bits per heavy atom. The molecule has 0 radical (unpaired) electrons. The van der Waals surface area contributed by atoms with Crippen LogP contribution in [-0.2, 0) is 28.6 Å². The predicted molar refractivity (Wildman–Crippen MR) is 113 cm³/mol. The minimum absolute atomic E-state index is 0.0731. The third-order valence-electron chi connectivity index (χ3n) is 10.2. The monoisotopic (exact) mass is 446 g/mol. The van der Waals surface area contributed by atoms with E-state index in [1.807, 2.05) is 0 Å². The van der Waals surface area contributed by atoms with Gasteiger partial charge in [-0.05, 0) is 50.5 Å². The summed E-state index contributed by atoms with van der Waals surface area (Å²) in [6.45, 7) is 4.31. The summed E-state index contributed by atoms with van der Waals surface area (Å²) in [5.41, 5.74) is -1.23. The highest BCUT2D eigenvalue weighted by molar-refractivity contribution is 5.92. The summed E-state index contributed by atoms with van der Waals surface area (Å²) < 4.78 is 16.6. The fourth-order valence-corrected chi connectivity index (χ4v) is 8.32. The Hall–Kier alpha value is -1.73. The van der Waals surface area contributed by atoms with E-state index in [1.165, 1.54) is 14.2 Å². The smallest absolute Gasteiger partial charge is 0.309 e. The van der Waals surface area contributed by atoms with Gasteiger partial charge in [-0.2, -0.15) is 0 Å². The zero-order valence-corrected chi connectivity index (χ0v) is 19.4. The number of epoxide rings is 1. The number of rotatable bonds is 4. The number of ether oxygens (including phenoxy) is 3. The Morgan fingerprint density at radius 2 is 1.97 bits per heavy atom. The Balaban J connectivity index is 1.56. The van der Waals surface area contributed by atoms with Crippen molar-refractivity contribution >= 4 is 17.7 Å². The zero-order valence-electron chi connectivity index (χ0n) is 19.4. The Kier molecular flexibility index (Phi) is 4.75. The number of methoxy groups -OCH3 is 2. The molecular formula is C25H34O7. The molecule has 32 heavy (non-hydrogen) atoms. The quantitative estimate of drug-likeness (QED) is 0.523. The number of hydrogen-bond acceptors (Lipinski definition) is 7. The van der Waals surface area contributed by atoms with E-state index in [-0.39, 0.29) is 47.5 Å². The lowest BCUT2D eigenvalue weighted by atomic mass is 9.43. The summed E-state index contributed by atoms with van der Waals surface area (Å²) in [6, 6.07) is 0. The van der Waals surface area contributed by atoms with Gasteiger partial charge in [0.25, 0.3) is 0 Å². The maximum Gasteiger partial charge on any atom is 0.309 e. The van der Waals surface area contributed by atoms with E-state index in [1.54, 1.807) is 6.08 Å². The molecule has 5 rings (SSSR count). The predicted octanol–water partition coefficient (Wildman–Crippen LogP) is 2.73. The lowest BCUT2D eigenvalue weighted by Gasteiger charge is -2.58. The van der Waals surface area contributed by atoms with Crippen LogP contribution in [0.5, 0.6) is 0 Å². The SMILES string of the molecule is COC(=O)CC[C@]1(O)CC[C@H]2[C@@H]3[C@H](C(=O)OC)CC4=CC(=O)CC[C@]4(C)[C@]34OC4C[C@@]21C. The van der Waals surface area contributed by atoms with Crippen molar-refractivity contribution in [3.05, 3.63) is 11.6 Å². The molecule has 7 nitrogen and oxygen atoms in total. The van der Waals surface area contributed by atoms with Gasteiger partial charge in [0.2, 0.25) is 0 Å². The van der Waals surface area contributed by atoms with Gasteiger partial charge < -0.3 is 19.3 Å². The summed E-state index contributed by atoms with van der Waals surface area (Å²) >= 11 is 0. The molecule has 0 aromatic heterocycles. The number of fused-ring (bicyclic) bond motifs is 3. The summed E-state index contributed by atoms with van der Waals surface area (Å²) in [6.07, 6.45) is 5.98. The topological polar surface area (TPSA) is 102 Å². The van der Waals surface area contributed by atoms with E-state index in [0.717, 1.165) is 18.4 Å². The molecule has 8 atom stereocenters. The van der Waals surface area contributed by atoms with E-state index in [4.69, 9.17) is 14.2 Å². The highest BCUT2D eigenvalue weighted by Gasteiger charge is 2.82. The molecule has 5 aliphatic rings. The normalized spacial score (nSPS) is 48.5. The number of carbonyl (C=O) groups is 3. The van der Waals surface area contributed by atoms with Crippen molar-refractivity contribution in [3.63, 3.8) is 0 Å². The van der Waals surface area contributed by atoms with Crippen molar-refractivity contribution < 1.29 is 33.7 Å². The van der Waals surface area contributed by atoms with Crippen LogP contribution in [0.25, 0.3) is 0 Å². The first-order valence-electron chi connectivity index (χ1n) is 11.8. The fourth-order valence-electron chi connectivity index (χ4n) is 8.32. The second kappa shape index (κ2) is 6.89. The van der Waals surface area contributed by atoms with Crippen molar-refractivity contribution in [1.29, 1.82) is 0 Å². The van der Waals surface area contributed by atoms with Gasteiger partial charge in [0, 0.05) is 29.6 Å². The molecule has 1 spiro atoms. The van der Waals surface area contributed by atoms with E-state index < -0.39 is 22.5 Å². The first kappa shape index (κ1) is 22.1. The van der Waals surface area contributed by atoms with Gasteiger partial charge in [-0.3, -0.25) is 14.4 Å². The highest BCUT2D eigenvalue weighted by atomic mass is 16.6. The van der Waals surface area contributed by atoms with Gasteiger partial charge >= 0.3 is 11.9 Å². The van der Waals surface area contributed by atoms with Gasteiger partial charge in [-0.1, -0.05) is 19.4 Å². The van der Waals surface area contributed by atoms with Crippen molar-refractivity contribution in [2.24, 2.45) is 28.6 Å². The zero-order chi connectivity index (χ0) is 23.1. The number of ketones is 1. The summed E-state index contributed by atoms with van der Waals surface area (Å²) in [7, 11) is 2.78. The lowest BCUT2D eigenvalue weighted by Crippen LogP contribution is -2.63. The maximum atomic E-state index is 13.0. The van der Waals surface area contributed by atoms with Crippen LogP contribution in [-0.4, -0.2) is 54.4 Å². The van der Waals surface area contributed by atoms with Crippen LogP contribution in [0.1, 0.15) is 65.2 Å². The third kappa shape index (κ3) is 2.58. The van der Waals surface area contributed by atoms with Crippen LogP contribution >= 0.6 is 0 Å². The third-order valence-corrected chi connectivity index (χ3v) is 10.2. The summed E-state index contributed by atoms with van der Waals surface area (Å²) in [4.78, 5) is 37.1. The molecule has 4 fully saturated rings. The molecule has 1 heterocycles. The van der Waals surface area contributed by atoms with Crippen molar-refractivity contribution in [1.82, 2.24) is 0 Å². The molecule has 0 bridgehead atoms. The molecule has 3 saturated carbocycles. The molecule has 0 aromatic rings. The molecule has 1 N–H and O–H groups in total. The molecule has 0 amide bonds. The molecule has 0 aromatic carbocycles. The number of hydrogen-bond donors (Lipinski definition) is 1. The van der Waals surface area contributed by atoms with Gasteiger partial charge in [0.15, 0.2) is 5.78 Å². The number of aliphatic hydroxyl groups is 1. The van der Waals surface area contributed by atoms with Gasteiger partial charge in [-0.15, -0.1) is 0 Å². The Bertz CT molecular complexity index is 910. The lowest BCUT2D eigenvalue weighted by molar-refractivity contribution is -0.163. The van der Waals surface area contributed by atoms with Crippen LogP contribution in [0.3, 0.4) is 0 Å². The summed E-state index contributed by atoms with van der Waals surface area (Å²) in [5.74, 6) is -0.878. The molecule has 4 aliphatic carbocycles. The Morgan fingerprint density at radius 1 is 1.22 bits per heavy atom. The highest BCUT2D eigenvalue weighted by Crippen LogP contribution is 2.77. The second-order valence-corrected chi connectivity index (χ2v) is 11.1. The molecule has 1 unspecified atom stereocenters. The van der Waals surface area contributed by atoms with Gasteiger partial charge in [0.1, 0.15) is 5.60 Å². The number of carbonyl (C=O) groups excluding carboxylic acids is 3. The van der Waals surface area contributed by atoms with Crippen LogP contribution in [0.15, 0.2) is 11.6 Å². The molecule has 176 valence electrons. The summed E-state index contributed by atoms with van der Waals surface area (Å²) in [5, 5.41) is 11.8. The van der Waals surface area contributed by atoms with Gasteiger partial charge in [-0.25, -0.2) is 0 Å². The average molecular weight is 447 g/mol. The molecular weight excluding hydrogens is 412 g/mol. The van der Waals surface area contributed by atoms with Crippen LogP contribution in [0.2, 0.25) is 0 Å². The van der Waals surface area contributed by atoms with Crippen LogP contribution in [0.4, 0.5) is 0 Å². The van der Waals surface area contributed by atoms with E-state index in [2.05, 4.69) is 13.8 Å². The van der Waals surface area contributed by atoms with Gasteiger partial charge in [0.05, 0.1) is 31.8 Å². The second-order valence-electron chi connectivity index (χ2n) is 11.1. The first-order valence-corrected chi connectivity index (χ1v) is 11.8. The first-order chi connectivity index (χ1) is 15.1. The average Bonchev–Trinajstić information content (AvgIpc) is 3.43. The Labute approximate surface area is 188 Å². The largest absolute Gasteiger partial charge is 0.469 e. The number of esters is 2. The van der Waals surface area contributed by atoms with Crippen molar-refractivity contribution in [2.75, 3.05) is 14.2 Å². The minimum Gasteiger partial charge on any atom is -0.469 e. The molecule has 1 aliphatic heterocycles.